The third-order valence-electron chi connectivity index (χ3n) is 2.90. The number of rotatable bonds is 6. The molecule has 0 fully saturated rings. The molecule has 0 unspecified atom stereocenters. The van der Waals surface area contributed by atoms with Crippen molar-refractivity contribution in [1.82, 2.24) is 16.0 Å². The first-order valence-electron chi connectivity index (χ1n) is 6.79. The fourth-order valence-corrected chi connectivity index (χ4v) is 2.20. The normalized spacial score (nSPS) is 10.2. The van der Waals surface area contributed by atoms with Gasteiger partial charge in [-0.15, -0.1) is 0 Å². The fraction of sp³-hybridized carbons (Fsp3) is 0.200. The van der Waals surface area contributed by atoms with Crippen molar-refractivity contribution < 1.29 is 14.0 Å². The van der Waals surface area contributed by atoms with Crippen LogP contribution in [0.4, 0.5) is 4.79 Å². The van der Waals surface area contributed by atoms with E-state index in [0.29, 0.717) is 15.8 Å². The van der Waals surface area contributed by atoms with Crippen LogP contribution in [-0.2, 0) is 17.9 Å². The van der Waals surface area contributed by atoms with Gasteiger partial charge in [-0.25, -0.2) is 4.79 Å². The molecule has 8 heteroatoms. The lowest BCUT2D eigenvalue weighted by atomic mass is 10.2. The molecule has 0 saturated heterocycles. The molecule has 0 atom stereocenters. The van der Waals surface area contributed by atoms with E-state index in [0.717, 1.165) is 5.56 Å². The van der Waals surface area contributed by atoms with Crippen molar-refractivity contribution >= 4 is 35.1 Å². The van der Waals surface area contributed by atoms with Gasteiger partial charge in [0.1, 0.15) is 5.76 Å². The Labute approximate surface area is 143 Å². The molecule has 1 aromatic heterocycles. The van der Waals surface area contributed by atoms with Crippen LogP contribution in [0.3, 0.4) is 0 Å². The van der Waals surface area contributed by atoms with Gasteiger partial charge in [-0.1, -0.05) is 29.3 Å². The third kappa shape index (κ3) is 5.84. The Kier molecular flexibility index (Phi) is 6.31. The number of carbonyl (C=O) groups is 2. The third-order valence-corrected chi connectivity index (χ3v) is 3.49. The molecule has 0 aliphatic heterocycles. The Morgan fingerprint density at radius 3 is 2.57 bits per heavy atom. The van der Waals surface area contributed by atoms with E-state index in [1.165, 1.54) is 6.26 Å². The Morgan fingerprint density at radius 2 is 1.87 bits per heavy atom. The summed E-state index contributed by atoms with van der Waals surface area (Å²) in [5.41, 5.74) is 0.730. The average molecular weight is 356 g/mol. The van der Waals surface area contributed by atoms with E-state index in [4.69, 9.17) is 27.6 Å². The molecule has 6 nitrogen and oxygen atoms in total. The van der Waals surface area contributed by atoms with Gasteiger partial charge in [0.25, 0.3) is 0 Å². The van der Waals surface area contributed by atoms with Crippen molar-refractivity contribution in [3.8, 4) is 0 Å². The molecule has 1 aromatic carbocycles. The highest BCUT2D eigenvalue weighted by molar-refractivity contribution is 6.35. The highest BCUT2D eigenvalue weighted by Gasteiger charge is 2.07. The van der Waals surface area contributed by atoms with Gasteiger partial charge in [-0.2, -0.15) is 0 Å². The van der Waals surface area contributed by atoms with E-state index in [1.54, 1.807) is 30.3 Å². The van der Waals surface area contributed by atoms with Gasteiger partial charge >= 0.3 is 6.03 Å². The van der Waals surface area contributed by atoms with Crippen LogP contribution >= 0.6 is 23.2 Å². The Hall–Kier alpha value is -2.18. The predicted molar refractivity (Wildman–Crippen MR) is 87.3 cm³/mol. The molecule has 3 N–H and O–H groups in total. The summed E-state index contributed by atoms with van der Waals surface area (Å²) in [5.74, 6) is 0.321. The molecule has 3 amide bonds. The van der Waals surface area contributed by atoms with Gasteiger partial charge in [0.15, 0.2) is 0 Å². The summed E-state index contributed by atoms with van der Waals surface area (Å²) in [7, 11) is 0. The van der Waals surface area contributed by atoms with Gasteiger partial charge in [-0.3, -0.25) is 4.79 Å². The summed E-state index contributed by atoms with van der Waals surface area (Å²) in [6.45, 7) is 0.367. The predicted octanol–water partition coefficient (Wildman–Crippen LogP) is 2.70. The van der Waals surface area contributed by atoms with Gasteiger partial charge in [0.2, 0.25) is 5.91 Å². The number of furan rings is 1. The van der Waals surface area contributed by atoms with Crippen molar-refractivity contribution in [3.63, 3.8) is 0 Å². The molecule has 0 aliphatic rings. The average Bonchev–Trinajstić information content (AvgIpc) is 3.03. The zero-order valence-electron chi connectivity index (χ0n) is 12.1. The number of halogens is 2. The van der Waals surface area contributed by atoms with Gasteiger partial charge in [0.05, 0.1) is 19.4 Å². The van der Waals surface area contributed by atoms with Gasteiger partial charge < -0.3 is 20.4 Å². The van der Waals surface area contributed by atoms with Crippen LogP contribution in [0.15, 0.2) is 41.0 Å². The van der Waals surface area contributed by atoms with E-state index in [1.807, 2.05) is 0 Å². The molecular formula is C15H15Cl2N3O3. The van der Waals surface area contributed by atoms with E-state index in [9.17, 15) is 9.59 Å². The number of urea groups is 1. The zero-order valence-corrected chi connectivity index (χ0v) is 13.6. The molecule has 122 valence electrons. The Balaban J connectivity index is 1.67. The van der Waals surface area contributed by atoms with Crippen molar-refractivity contribution in [1.29, 1.82) is 0 Å². The summed E-state index contributed by atoms with van der Waals surface area (Å²) in [6.07, 6.45) is 1.52. The molecule has 0 bridgehead atoms. The zero-order chi connectivity index (χ0) is 16.7. The molecular weight excluding hydrogens is 341 g/mol. The highest BCUT2D eigenvalue weighted by Crippen LogP contribution is 2.20. The number of hydrogen-bond donors (Lipinski definition) is 3. The summed E-state index contributed by atoms with van der Waals surface area (Å²) >= 11 is 11.8. The smallest absolute Gasteiger partial charge is 0.315 e. The van der Waals surface area contributed by atoms with Crippen LogP contribution in [-0.4, -0.2) is 18.5 Å². The Bertz CT molecular complexity index is 675. The fourth-order valence-electron chi connectivity index (χ4n) is 1.72. The van der Waals surface area contributed by atoms with Gasteiger partial charge in [-0.05, 0) is 29.8 Å². The topological polar surface area (TPSA) is 83.4 Å². The Morgan fingerprint density at radius 1 is 1.04 bits per heavy atom. The number of benzene rings is 1. The van der Waals surface area contributed by atoms with Crippen LogP contribution in [0.5, 0.6) is 0 Å². The van der Waals surface area contributed by atoms with Crippen molar-refractivity contribution in [2.45, 2.75) is 13.1 Å². The number of hydrogen-bond acceptors (Lipinski definition) is 3. The first kappa shape index (κ1) is 17.2. The number of carbonyl (C=O) groups excluding carboxylic acids is 2. The quantitative estimate of drug-likeness (QED) is 0.744. The molecule has 0 saturated carbocycles. The van der Waals surface area contributed by atoms with E-state index < -0.39 is 6.03 Å². The van der Waals surface area contributed by atoms with Crippen molar-refractivity contribution in [2.75, 3.05) is 6.54 Å². The molecule has 1 heterocycles. The molecule has 0 spiro atoms. The standard InChI is InChI=1S/C15H15Cl2N3O3/c16-11-4-3-10(13(17)6-11)7-19-15(22)20-9-14(21)18-8-12-2-1-5-23-12/h1-6H,7-9H2,(H,18,21)(H2,19,20,22). The second-order valence-electron chi connectivity index (χ2n) is 4.63. The van der Waals surface area contributed by atoms with Crippen LogP contribution in [0.1, 0.15) is 11.3 Å². The van der Waals surface area contributed by atoms with Crippen molar-refractivity contribution in [2.24, 2.45) is 0 Å². The lowest BCUT2D eigenvalue weighted by Gasteiger charge is -2.09. The minimum absolute atomic E-state index is 0.138. The minimum Gasteiger partial charge on any atom is -0.467 e. The molecule has 2 rings (SSSR count). The second kappa shape index (κ2) is 8.45. The van der Waals surface area contributed by atoms with Crippen molar-refractivity contribution in [3.05, 3.63) is 58.0 Å². The number of amides is 3. The second-order valence-corrected chi connectivity index (χ2v) is 5.47. The summed E-state index contributed by atoms with van der Waals surface area (Å²) in [5, 5.41) is 8.67. The first-order valence-corrected chi connectivity index (χ1v) is 7.55. The summed E-state index contributed by atoms with van der Waals surface area (Å²) in [4.78, 5) is 23.2. The van der Waals surface area contributed by atoms with E-state index in [2.05, 4.69) is 16.0 Å². The van der Waals surface area contributed by atoms with Crippen LogP contribution in [0.2, 0.25) is 10.0 Å². The van der Waals surface area contributed by atoms with Crippen LogP contribution in [0, 0.1) is 0 Å². The maximum atomic E-state index is 11.6. The van der Waals surface area contributed by atoms with Crippen LogP contribution in [0.25, 0.3) is 0 Å². The maximum Gasteiger partial charge on any atom is 0.315 e. The molecule has 23 heavy (non-hydrogen) atoms. The lowest BCUT2D eigenvalue weighted by Crippen LogP contribution is -2.41. The molecule has 2 aromatic rings. The van der Waals surface area contributed by atoms with Gasteiger partial charge in [0, 0.05) is 16.6 Å². The molecule has 0 radical (unpaired) electrons. The van der Waals surface area contributed by atoms with E-state index >= 15 is 0 Å². The SMILES string of the molecule is O=C(CNC(=O)NCc1ccc(Cl)cc1Cl)NCc1ccco1. The highest BCUT2D eigenvalue weighted by atomic mass is 35.5. The minimum atomic E-state index is -0.468. The summed E-state index contributed by atoms with van der Waals surface area (Å²) < 4.78 is 5.08. The summed E-state index contributed by atoms with van der Waals surface area (Å²) in [6, 6.07) is 8.01. The van der Waals surface area contributed by atoms with Crippen LogP contribution < -0.4 is 16.0 Å². The largest absolute Gasteiger partial charge is 0.467 e. The maximum absolute atomic E-state index is 11.6. The molecule has 0 aliphatic carbocycles. The number of nitrogens with one attached hydrogen (secondary N) is 3. The monoisotopic (exact) mass is 355 g/mol. The van der Waals surface area contributed by atoms with E-state index in [-0.39, 0.29) is 25.5 Å². The first-order chi connectivity index (χ1) is 11.0. The lowest BCUT2D eigenvalue weighted by molar-refractivity contribution is -0.120.